The lowest BCUT2D eigenvalue weighted by Crippen LogP contribution is -2.36. The van der Waals surface area contributed by atoms with Crippen LogP contribution in [0.1, 0.15) is 31.2 Å². The van der Waals surface area contributed by atoms with Crippen LogP contribution in [0.4, 0.5) is 0 Å². The molecule has 4 heteroatoms. The van der Waals surface area contributed by atoms with E-state index in [1.165, 1.54) is 6.42 Å². The van der Waals surface area contributed by atoms with E-state index < -0.39 is 0 Å². The lowest BCUT2D eigenvalue weighted by Gasteiger charge is -2.09. The zero-order valence-corrected chi connectivity index (χ0v) is 11.2. The van der Waals surface area contributed by atoms with Crippen LogP contribution in [-0.4, -0.2) is 24.8 Å². The molecular weight excluding hydrogens is 238 g/mol. The van der Waals surface area contributed by atoms with Gasteiger partial charge in [-0.05, 0) is 18.4 Å². The van der Waals surface area contributed by atoms with Crippen molar-refractivity contribution in [2.75, 3.05) is 13.1 Å². The van der Waals surface area contributed by atoms with E-state index in [1.807, 2.05) is 30.3 Å². The molecule has 0 aromatic heterocycles. The molecule has 0 spiro atoms. The molecule has 0 radical (unpaired) electrons. The molecule has 4 nitrogen and oxygen atoms in total. The third-order valence-corrected chi connectivity index (χ3v) is 3.16. The number of nitrogens with zero attached hydrogens (tertiary/aromatic N) is 1. The van der Waals surface area contributed by atoms with Crippen molar-refractivity contribution in [3.63, 3.8) is 0 Å². The Bertz CT molecular complexity index is 428. The standard InChI is InChI=1S/C15H21N3O/c19-15(18-11-13-7-3-1-4-8-13)12-17-14-9-5-2-6-10-16-14/h1,3-4,7-8H,2,5-6,9-12H2,(H,16,17)(H,18,19). The number of benzene rings is 1. The van der Waals surface area contributed by atoms with Gasteiger partial charge in [0.1, 0.15) is 0 Å². The van der Waals surface area contributed by atoms with Gasteiger partial charge in [0, 0.05) is 19.5 Å². The minimum Gasteiger partial charge on any atom is -0.365 e. The predicted molar refractivity (Wildman–Crippen MR) is 77.1 cm³/mol. The van der Waals surface area contributed by atoms with Crippen LogP contribution in [-0.2, 0) is 11.3 Å². The predicted octanol–water partition coefficient (Wildman–Crippen LogP) is 1.86. The number of nitrogens with one attached hydrogen (secondary N) is 2. The lowest BCUT2D eigenvalue weighted by atomic mass is 10.2. The van der Waals surface area contributed by atoms with Crippen LogP contribution in [0.15, 0.2) is 35.3 Å². The van der Waals surface area contributed by atoms with Crippen molar-refractivity contribution in [1.29, 1.82) is 0 Å². The Morgan fingerprint density at radius 3 is 2.84 bits per heavy atom. The van der Waals surface area contributed by atoms with Crippen molar-refractivity contribution in [2.45, 2.75) is 32.2 Å². The van der Waals surface area contributed by atoms with Crippen LogP contribution in [0, 0.1) is 0 Å². The van der Waals surface area contributed by atoms with Gasteiger partial charge in [0.25, 0.3) is 0 Å². The zero-order chi connectivity index (χ0) is 13.3. The van der Waals surface area contributed by atoms with Crippen LogP contribution in [0.3, 0.4) is 0 Å². The molecule has 1 aromatic rings. The molecule has 102 valence electrons. The molecule has 1 aliphatic rings. The van der Waals surface area contributed by atoms with Crippen LogP contribution >= 0.6 is 0 Å². The molecule has 0 fully saturated rings. The number of hydrogen-bond donors (Lipinski definition) is 2. The van der Waals surface area contributed by atoms with Gasteiger partial charge in [0.15, 0.2) is 0 Å². The molecule has 2 N–H and O–H groups in total. The fraction of sp³-hybridized carbons (Fsp3) is 0.467. The molecule has 1 aliphatic heterocycles. The summed E-state index contributed by atoms with van der Waals surface area (Å²) >= 11 is 0. The molecule has 2 rings (SSSR count). The van der Waals surface area contributed by atoms with Crippen molar-refractivity contribution in [3.8, 4) is 0 Å². The van der Waals surface area contributed by atoms with Gasteiger partial charge in [-0.2, -0.15) is 0 Å². The fourth-order valence-electron chi connectivity index (χ4n) is 2.06. The second-order valence-corrected chi connectivity index (χ2v) is 4.75. The summed E-state index contributed by atoms with van der Waals surface area (Å²) in [5, 5.41) is 6.03. The van der Waals surface area contributed by atoms with Gasteiger partial charge in [0.05, 0.1) is 12.4 Å². The third-order valence-electron chi connectivity index (χ3n) is 3.16. The van der Waals surface area contributed by atoms with E-state index in [0.29, 0.717) is 13.1 Å². The summed E-state index contributed by atoms with van der Waals surface area (Å²) < 4.78 is 0. The molecule has 0 saturated heterocycles. The van der Waals surface area contributed by atoms with Crippen molar-refractivity contribution >= 4 is 11.7 Å². The highest BCUT2D eigenvalue weighted by Crippen LogP contribution is 2.05. The highest BCUT2D eigenvalue weighted by atomic mass is 16.1. The second kappa shape index (κ2) is 7.56. The topological polar surface area (TPSA) is 53.5 Å². The molecule has 1 aromatic carbocycles. The highest BCUT2D eigenvalue weighted by Gasteiger charge is 2.06. The maximum absolute atomic E-state index is 11.7. The van der Waals surface area contributed by atoms with E-state index in [4.69, 9.17) is 0 Å². The maximum atomic E-state index is 11.7. The van der Waals surface area contributed by atoms with Crippen LogP contribution in [0.25, 0.3) is 0 Å². The molecule has 0 bridgehead atoms. The minimum absolute atomic E-state index is 0.01000. The Morgan fingerprint density at radius 2 is 2.00 bits per heavy atom. The van der Waals surface area contributed by atoms with E-state index in [2.05, 4.69) is 15.6 Å². The number of carbonyl (C=O) groups is 1. The van der Waals surface area contributed by atoms with Gasteiger partial charge >= 0.3 is 0 Å². The lowest BCUT2D eigenvalue weighted by molar-refractivity contribution is -0.120. The van der Waals surface area contributed by atoms with E-state index in [1.54, 1.807) is 0 Å². The average molecular weight is 259 g/mol. The van der Waals surface area contributed by atoms with Gasteiger partial charge in [-0.3, -0.25) is 9.79 Å². The Kier molecular flexibility index (Phi) is 5.41. The quantitative estimate of drug-likeness (QED) is 0.867. The van der Waals surface area contributed by atoms with Crippen molar-refractivity contribution in [1.82, 2.24) is 10.6 Å². The van der Waals surface area contributed by atoms with E-state index in [-0.39, 0.29) is 5.91 Å². The monoisotopic (exact) mass is 259 g/mol. The maximum Gasteiger partial charge on any atom is 0.239 e. The van der Waals surface area contributed by atoms with Crippen LogP contribution in [0.5, 0.6) is 0 Å². The van der Waals surface area contributed by atoms with E-state index >= 15 is 0 Å². The molecule has 0 unspecified atom stereocenters. The fourth-order valence-corrected chi connectivity index (χ4v) is 2.06. The summed E-state index contributed by atoms with van der Waals surface area (Å²) in [4.78, 5) is 16.2. The van der Waals surface area contributed by atoms with Gasteiger partial charge in [-0.15, -0.1) is 0 Å². The molecule has 0 saturated carbocycles. The molecular formula is C15H21N3O. The Morgan fingerprint density at radius 1 is 1.16 bits per heavy atom. The van der Waals surface area contributed by atoms with Gasteiger partial charge in [-0.1, -0.05) is 36.8 Å². The normalized spacial score (nSPS) is 15.3. The third kappa shape index (κ3) is 5.12. The van der Waals surface area contributed by atoms with E-state index in [0.717, 1.165) is 37.2 Å². The van der Waals surface area contributed by atoms with Crippen molar-refractivity contribution in [3.05, 3.63) is 35.9 Å². The summed E-state index contributed by atoms with van der Waals surface area (Å²) in [6, 6.07) is 9.92. The minimum atomic E-state index is 0.01000. The Balaban J connectivity index is 1.68. The zero-order valence-electron chi connectivity index (χ0n) is 11.2. The largest absolute Gasteiger partial charge is 0.365 e. The summed E-state index contributed by atoms with van der Waals surface area (Å²) in [6.07, 6.45) is 4.52. The summed E-state index contributed by atoms with van der Waals surface area (Å²) in [7, 11) is 0. The van der Waals surface area contributed by atoms with Gasteiger partial charge in [0.2, 0.25) is 5.91 Å². The number of amides is 1. The van der Waals surface area contributed by atoms with Crippen molar-refractivity contribution < 1.29 is 4.79 Å². The number of aliphatic imine (C=N–C) groups is 1. The first-order valence-corrected chi connectivity index (χ1v) is 6.92. The van der Waals surface area contributed by atoms with E-state index in [9.17, 15) is 4.79 Å². The molecule has 1 heterocycles. The summed E-state index contributed by atoms with van der Waals surface area (Å²) in [5.74, 6) is 0.989. The van der Waals surface area contributed by atoms with Gasteiger partial charge in [-0.25, -0.2) is 0 Å². The highest BCUT2D eigenvalue weighted by molar-refractivity contribution is 5.87. The SMILES string of the molecule is O=C(CNC1=NCCCCC1)NCc1ccccc1. The number of amidine groups is 1. The first kappa shape index (κ1) is 13.6. The smallest absolute Gasteiger partial charge is 0.239 e. The Labute approximate surface area is 114 Å². The molecule has 0 aliphatic carbocycles. The molecule has 0 atom stereocenters. The Hall–Kier alpha value is -1.84. The number of rotatable bonds is 4. The first-order chi connectivity index (χ1) is 9.34. The number of carbonyl (C=O) groups excluding carboxylic acids is 1. The summed E-state index contributed by atoms with van der Waals surface area (Å²) in [6.45, 7) is 1.77. The van der Waals surface area contributed by atoms with Crippen LogP contribution < -0.4 is 10.6 Å². The molecule has 19 heavy (non-hydrogen) atoms. The average Bonchev–Trinajstić information content (AvgIpc) is 2.73. The molecule has 1 amide bonds. The number of hydrogen-bond acceptors (Lipinski definition) is 3. The van der Waals surface area contributed by atoms with Crippen LogP contribution in [0.2, 0.25) is 0 Å². The summed E-state index contributed by atoms with van der Waals surface area (Å²) in [5.41, 5.74) is 1.11. The first-order valence-electron chi connectivity index (χ1n) is 6.92. The second-order valence-electron chi connectivity index (χ2n) is 4.75. The van der Waals surface area contributed by atoms with Crippen molar-refractivity contribution in [2.24, 2.45) is 4.99 Å². The van der Waals surface area contributed by atoms with Gasteiger partial charge < -0.3 is 10.6 Å².